The quantitative estimate of drug-likeness (QED) is 0.859. The molecule has 114 valence electrons. The molecule has 0 aliphatic heterocycles. The zero-order valence-electron chi connectivity index (χ0n) is 12.9. The average Bonchev–Trinajstić information content (AvgIpc) is 2.77. The number of Topliss-reactive ketones (excluding diaryl/α,β-unsaturated/α-hetero) is 1. The van der Waals surface area contributed by atoms with Crippen LogP contribution in [0.3, 0.4) is 0 Å². The lowest BCUT2D eigenvalue weighted by Crippen LogP contribution is -2.39. The van der Waals surface area contributed by atoms with Gasteiger partial charge in [-0.15, -0.1) is 0 Å². The minimum Gasteiger partial charge on any atom is -0.505 e. The Morgan fingerprint density at radius 2 is 2.18 bits per heavy atom. The van der Waals surface area contributed by atoms with Gasteiger partial charge in [-0.1, -0.05) is 19.1 Å². The van der Waals surface area contributed by atoms with Gasteiger partial charge in [-0.25, -0.2) is 0 Å². The van der Waals surface area contributed by atoms with Crippen molar-refractivity contribution in [3.63, 3.8) is 0 Å². The van der Waals surface area contributed by atoms with Gasteiger partial charge >= 0.3 is 0 Å². The predicted molar refractivity (Wildman–Crippen MR) is 84.7 cm³/mol. The van der Waals surface area contributed by atoms with Gasteiger partial charge in [0.1, 0.15) is 5.75 Å². The summed E-state index contributed by atoms with van der Waals surface area (Å²) in [7, 11) is 1.69. The molecule has 0 heterocycles. The van der Waals surface area contributed by atoms with Gasteiger partial charge in [0.05, 0.1) is 7.11 Å². The molecule has 0 fully saturated rings. The van der Waals surface area contributed by atoms with E-state index in [9.17, 15) is 9.90 Å². The zero-order valence-corrected chi connectivity index (χ0v) is 12.9. The van der Waals surface area contributed by atoms with E-state index in [4.69, 9.17) is 4.74 Å². The molecule has 3 aliphatic carbocycles. The van der Waals surface area contributed by atoms with Gasteiger partial charge in [-0.05, 0) is 60.1 Å². The first-order valence-corrected chi connectivity index (χ1v) is 7.87. The minimum absolute atomic E-state index is 0.0392. The summed E-state index contributed by atoms with van der Waals surface area (Å²) in [6, 6.07) is 6.26. The standard InChI is InChI=1S/C19H20O3/c1-19-8-7-14-13-6-4-12(22-2)9-11(13)3-5-15(14)16(19)10-17(20)18(19)21/h4,6-7,9-10,15-16,20H,3,5,8H2,1-2H3/t15-,16-,19+/m0/s1. The van der Waals surface area contributed by atoms with E-state index in [-0.39, 0.29) is 17.5 Å². The smallest absolute Gasteiger partial charge is 0.203 e. The number of methoxy groups -OCH3 is 1. The summed E-state index contributed by atoms with van der Waals surface area (Å²) in [6.07, 6.45) is 6.73. The number of aliphatic hydroxyl groups excluding tert-OH is 1. The summed E-state index contributed by atoms with van der Waals surface area (Å²) in [6.45, 7) is 2.00. The number of carbonyl (C=O) groups is 1. The molecule has 0 amide bonds. The van der Waals surface area contributed by atoms with Crippen LogP contribution < -0.4 is 4.74 Å². The van der Waals surface area contributed by atoms with Crippen LogP contribution in [0.1, 0.15) is 30.9 Å². The SMILES string of the molecule is COc1ccc2c(c1)CC[C@H]1C2=CC[C@@]2(C)C(=O)C(O)=C[C@@H]12. The van der Waals surface area contributed by atoms with Gasteiger partial charge in [-0.3, -0.25) is 4.79 Å². The van der Waals surface area contributed by atoms with Crippen molar-refractivity contribution >= 4 is 11.4 Å². The van der Waals surface area contributed by atoms with E-state index in [1.165, 1.54) is 16.7 Å². The van der Waals surface area contributed by atoms with Gasteiger partial charge in [0.25, 0.3) is 0 Å². The number of hydrogen-bond acceptors (Lipinski definition) is 3. The number of carbonyl (C=O) groups excluding carboxylic acids is 1. The summed E-state index contributed by atoms with van der Waals surface area (Å²) in [4.78, 5) is 12.3. The molecule has 1 aromatic rings. The van der Waals surface area contributed by atoms with Crippen molar-refractivity contribution in [2.75, 3.05) is 7.11 Å². The number of benzene rings is 1. The number of hydrogen-bond donors (Lipinski definition) is 1. The maximum Gasteiger partial charge on any atom is 0.203 e. The molecule has 0 bridgehead atoms. The molecule has 22 heavy (non-hydrogen) atoms. The number of aliphatic hydroxyl groups is 1. The Hall–Kier alpha value is -2.03. The maximum absolute atomic E-state index is 12.3. The Kier molecular flexibility index (Phi) is 2.77. The van der Waals surface area contributed by atoms with Crippen LogP contribution in [0.4, 0.5) is 0 Å². The second-order valence-corrected chi connectivity index (χ2v) is 6.86. The summed E-state index contributed by atoms with van der Waals surface area (Å²) < 4.78 is 5.32. The maximum atomic E-state index is 12.3. The van der Waals surface area contributed by atoms with Gasteiger partial charge in [0.15, 0.2) is 5.76 Å². The number of ketones is 1. The highest BCUT2D eigenvalue weighted by molar-refractivity contribution is 6.01. The van der Waals surface area contributed by atoms with Crippen molar-refractivity contribution in [3.05, 3.63) is 47.2 Å². The van der Waals surface area contributed by atoms with Crippen molar-refractivity contribution in [3.8, 4) is 5.75 Å². The highest BCUT2D eigenvalue weighted by Gasteiger charge is 2.52. The van der Waals surface area contributed by atoms with Crippen molar-refractivity contribution < 1.29 is 14.6 Å². The highest BCUT2D eigenvalue weighted by atomic mass is 16.5. The fourth-order valence-electron chi connectivity index (χ4n) is 4.47. The van der Waals surface area contributed by atoms with E-state index < -0.39 is 5.41 Å². The van der Waals surface area contributed by atoms with Gasteiger partial charge < -0.3 is 9.84 Å². The van der Waals surface area contributed by atoms with Crippen molar-refractivity contribution in [1.82, 2.24) is 0 Å². The molecule has 3 atom stereocenters. The topological polar surface area (TPSA) is 46.5 Å². The number of fused-ring (bicyclic) bond motifs is 5. The molecule has 3 aliphatic rings. The van der Waals surface area contributed by atoms with Crippen LogP contribution >= 0.6 is 0 Å². The van der Waals surface area contributed by atoms with Crippen LogP contribution in [0.2, 0.25) is 0 Å². The molecule has 0 spiro atoms. The van der Waals surface area contributed by atoms with Gasteiger partial charge in [0, 0.05) is 11.3 Å². The molecule has 1 N–H and O–H groups in total. The molecular weight excluding hydrogens is 276 g/mol. The lowest BCUT2D eigenvalue weighted by molar-refractivity contribution is -0.127. The molecule has 0 unspecified atom stereocenters. The molecule has 4 rings (SSSR count). The highest BCUT2D eigenvalue weighted by Crippen LogP contribution is 2.55. The van der Waals surface area contributed by atoms with E-state index in [0.29, 0.717) is 12.3 Å². The van der Waals surface area contributed by atoms with Gasteiger partial charge in [-0.2, -0.15) is 0 Å². The molecule has 0 saturated heterocycles. The van der Waals surface area contributed by atoms with E-state index >= 15 is 0 Å². The number of rotatable bonds is 1. The second-order valence-electron chi connectivity index (χ2n) is 6.86. The predicted octanol–water partition coefficient (Wildman–Crippen LogP) is 3.69. The number of ether oxygens (including phenoxy) is 1. The molecule has 0 saturated carbocycles. The Balaban J connectivity index is 1.80. The molecule has 0 aromatic heterocycles. The monoisotopic (exact) mass is 296 g/mol. The molecule has 3 nitrogen and oxygen atoms in total. The van der Waals surface area contributed by atoms with Gasteiger partial charge in [0.2, 0.25) is 5.78 Å². The first-order chi connectivity index (χ1) is 10.5. The minimum atomic E-state index is -0.456. The van der Waals surface area contributed by atoms with E-state index in [0.717, 1.165) is 18.6 Å². The summed E-state index contributed by atoms with van der Waals surface area (Å²) in [5.74, 6) is 1.21. The van der Waals surface area contributed by atoms with Crippen LogP contribution in [-0.2, 0) is 11.2 Å². The molecule has 0 radical (unpaired) electrons. The van der Waals surface area contributed by atoms with E-state index in [2.05, 4.69) is 18.2 Å². The van der Waals surface area contributed by atoms with Crippen LogP contribution in [0.25, 0.3) is 5.57 Å². The van der Waals surface area contributed by atoms with E-state index in [1.54, 1.807) is 13.2 Å². The second kappa shape index (κ2) is 4.48. The fraction of sp³-hybridized carbons (Fsp3) is 0.421. The Bertz CT molecular complexity index is 728. The summed E-state index contributed by atoms with van der Waals surface area (Å²) >= 11 is 0. The third-order valence-corrected chi connectivity index (χ3v) is 5.75. The third kappa shape index (κ3) is 1.65. The third-order valence-electron chi connectivity index (χ3n) is 5.75. The zero-order chi connectivity index (χ0) is 15.5. The fourth-order valence-corrected chi connectivity index (χ4v) is 4.47. The Labute approximate surface area is 130 Å². The average molecular weight is 296 g/mol. The largest absolute Gasteiger partial charge is 0.505 e. The van der Waals surface area contributed by atoms with Crippen LogP contribution in [0.5, 0.6) is 5.75 Å². The lowest BCUT2D eigenvalue weighted by Gasteiger charge is -2.42. The lowest BCUT2D eigenvalue weighted by atomic mass is 9.60. The summed E-state index contributed by atoms with van der Waals surface area (Å²) in [5.41, 5.74) is 3.49. The van der Waals surface area contributed by atoms with Crippen molar-refractivity contribution in [2.45, 2.75) is 26.2 Å². The Morgan fingerprint density at radius 1 is 1.36 bits per heavy atom. The van der Waals surface area contributed by atoms with Crippen LogP contribution in [0, 0.1) is 17.3 Å². The molecular formula is C19H20O3. The van der Waals surface area contributed by atoms with Crippen LogP contribution in [-0.4, -0.2) is 18.0 Å². The van der Waals surface area contributed by atoms with Crippen molar-refractivity contribution in [2.24, 2.45) is 17.3 Å². The summed E-state index contributed by atoms with van der Waals surface area (Å²) in [5, 5.41) is 9.92. The number of aryl methyl sites for hydroxylation is 1. The van der Waals surface area contributed by atoms with Crippen molar-refractivity contribution in [1.29, 1.82) is 0 Å². The molecule has 1 aromatic carbocycles. The first-order valence-electron chi connectivity index (χ1n) is 7.87. The first kappa shape index (κ1) is 13.6. The Morgan fingerprint density at radius 3 is 2.95 bits per heavy atom. The normalized spacial score (nSPS) is 32.5. The number of allylic oxidation sites excluding steroid dienone is 4. The van der Waals surface area contributed by atoms with Crippen LogP contribution in [0.15, 0.2) is 36.1 Å². The van der Waals surface area contributed by atoms with E-state index in [1.807, 2.05) is 13.0 Å². The molecule has 3 heteroatoms.